The number of carbonyl (C=O) groups excluding carboxylic acids is 4. The summed E-state index contributed by atoms with van der Waals surface area (Å²) in [4.78, 5) is 55.0. The van der Waals surface area contributed by atoms with Gasteiger partial charge in [0.1, 0.15) is 11.9 Å². The van der Waals surface area contributed by atoms with Crippen LogP contribution in [0.3, 0.4) is 0 Å². The molecule has 1 aromatic carbocycles. The lowest BCUT2D eigenvalue weighted by Crippen LogP contribution is -2.53. The summed E-state index contributed by atoms with van der Waals surface area (Å²) in [6, 6.07) is 9.23. The summed E-state index contributed by atoms with van der Waals surface area (Å²) in [5.74, 6) is -2.21. The lowest BCUT2D eigenvalue weighted by atomic mass is 9.90. The average Bonchev–Trinajstić information content (AvgIpc) is 2.87. The van der Waals surface area contributed by atoms with Crippen molar-refractivity contribution in [2.45, 2.75) is 24.8 Å². The summed E-state index contributed by atoms with van der Waals surface area (Å²) < 4.78 is 0. The molecule has 0 spiro atoms. The summed E-state index contributed by atoms with van der Waals surface area (Å²) in [5.41, 5.74) is 1.58. The molecular weight excluding hydrogens is 472 g/mol. The van der Waals surface area contributed by atoms with E-state index in [0.29, 0.717) is 16.5 Å². The number of halogens is 1. The first-order valence-electron chi connectivity index (χ1n) is 11.3. The summed E-state index contributed by atoms with van der Waals surface area (Å²) in [7, 11) is 3.08. The van der Waals surface area contributed by atoms with Gasteiger partial charge in [-0.15, -0.1) is 0 Å². The quantitative estimate of drug-likeness (QED) is 0.421. The number of benzene rings is 1. The van der Waals surface area contributed by atoms with Crippen molar-refractivity contribution in [1.82, 2.24) is 25.8 Å². The van der Waals surface area contributed by atoms with Gasteiger partial charge in [0.25, 0.3) is 5.91 Å². The highest BCUT2D eigenvalue weighted by Crippen LogP contribution is 2.25. The van der Waals surface area contributed by atoms with Crippen LogP contribution in [0.4, 0.5) is 5.82 Å². The summed E-state index contributed by atoms with van der Waals surface area (Å²) in [6.07, 6.45) is 3.42. The van der Waals surface area contributed by atoms with Gasteiger partial charge in [-0.2, -0.15) is 0 Å². The van der Waals surface area contributed by atoms with Gasteiger partial charge >= 0.3 is 11.8 Å². The Morgan fingerprint density at radius 1 is 1.06 bits per heavy atom. The second-order valence-electron chi connectivity index (χ2n) is 8.43. The molecule has 1 aliphatic rings. The third-order valence-corrected chi connectivity index (χ3v) is 5.89. The van der Waals surface area contributed by atoms with E-state index in [1.165, 1.54) is 42.9 Å². The number of nitrogens with zero attached hydrogens (tertiary/aromatic N) is 2. The fraction of sp³-hybridized carbons (Fsp3) is 0.375. The van der Waals surface area contributed by atoms with Crippen molar-refractivity contribution in [3.63, 3.8) is 0 Å². The van der Waals surface area contributed by atoms with Crippen molar-refractivity contribution < 1.29 is 19.2 Å². The predicted molar refractivity (Wildman–Crippen MR) is 132 cm³/mol. The van der Waals surface area contributed by atoms with Crippen LogP contribution in [-0.2, 0) is 14.4 Å². The number of hydrogen-bond acceptors (Lipinski definition) is 6. The molecule has 11 heteroatoms. The van der Waals surface area contributed by atoms with Crippen LogP contribution in [0.2, 0.25) is 5.02 Å². The third-order valence-electron chi connectivity index (χ3n) is 5.67. The van der Waals surface area contributed by atoms with Crippen molar-refractivity contribution in [2.75, 3.05) is 39.0 Å². The number of amides is 4. The van der Waals surface area contributed by atoms with E-state index < -0.39 is 29.7 Å². The smallest absolute Gasteiger partial charge is 0.314 e. The molecule has 3 rings (SSSR count). The zero-order valence-electron chi connectivity index (χ0n) is 19.6. The van der Waals surface area contributed by atoms with Gasteiger partial charge in [-0.1, -0.05) is 23.7 Å². The zero-order chi connectivity index (χ0) is 25.4. The first-order valence-corrected chi connectivity index (χ1v) is 11.7. The molecule has 1 atom stereocenters. The molecule has 10 nitrogen and oxygen atoms in total. The number of aromatic nitrogens is 1. The number of rotatable bonds is 7. The summed E-state index contributed by atoms with van der Waals surface area (Å²) >= 11 is 5.75. The molecule has 35 heavy (non-hydrogen) atoms. The molecule has 0 radical (unpaired) electrons. The van der Waals surface area contributed by atoms with E-state index >= 15 is 0 Å². The number of pyridine rings is 1. The second kappa shape index (κ2) is 12.3. The highest BCUT2D eigenvalue weighted by molar-refractivity contribution is 6.39. The van der Waals surface area contributed by atoms with Crippen LogP contribution < -0.4 is 21.3 Å². The Labute approximate surface area is 208 Å². The number of hydrogen-bond donors (Lipinski definition) is 4. The van der Waals surface area contributed by atoms with E-state index in [2.05, 4.69) is 26.3 Å². The average molecular weight is 501 g/mol. The van der Waals surface area contributed by atoms with Gasteiger partial charge in [0.05, 0.1) is 5.02 Å². The van der Waals surface area contributed by atoms with E-state index in [1.54, 1.807) is 12.1 Å². The van der Waals surface area contributed by atoms with E-state index in [9.17, 15) is 19.2 Å². The minimum atomic E-state index is -1.06. The monoisotopic (exact) mass is 500 g/mol. The van der Waals surface area contributed by atoms with Crippen LogP contribution in [0.25, 0.3) is 0 Å². The number of likely N-dealkylation sites (N-methyl/N-ethyl adjacent to an activating group) is 1. The molecule has 0 bridgehead atoms. The lowest BCUT2D eigenvalue weighted by molar-refractivity contribution is -0.136. The number of carbonyl (C=O) groups is 4. The Hall–Kier alpha value is -3.50. The van der Waals surface area contributed by atoms with E-state index in [4.69, 9.17) is 11.6 Å². The Balaban J connectivity index is 1.59. The Morgan fingerprint density at radius 3 is 2.34 bits per heavy atom. The van der Waals surface area contributed by atoms with Gasteiger partial charge in [0.15, 0.2) is 0 Å². The van der Waals surface area contributed by atoms with E-state index in [0.717, 1.165) is 25.9 Å². The van der Waals surface area contributed by atoms with Crippen molar-refractivity contribution in [3.05, 3.63) is 58.7 Å². The molecule has 4 N–H and O–H groups in total. The highest BCUT2D eigenvalue weighted by atomic mass is 35.5. The molecule has 0 saturated carbocycles. The second-order valence-corrected chi connectivity index (χ2v) is 8.87. The van der Waals surface area contributed by atoms with E-state index in [1.807, 2.05) is 12.1 Å². The van der Waals surface area contributed by atoms with Gasteiger partial charge in [0.2, 0.25) is 5.91 Å². The number of anilines is 1. The Kier molecular flexibility index (Phi) is 9.16. The lowest BCUT2D eigenvalue weighted by Gasteiger charge is -2.23. The molecule has 2 heterocycles. The summed E-state index contributed by atoms with van der Waals surface area (Å²) in [5, 5.41) is 11.1. The number of nitrogens with one attached hydrogen (secondary N) is 4. The van der Waals surface area contributed by atoms with Gasteiger partial charge in [-0.3, -0.25) is 19.2 Å². The fourth-order valence-corrected chi connectivity index (χ4v) is 3.82. The molecule has 0 aliphatic carbocycles. The molecule has 1 saturated heterocycles. The van der Waals surface area contributed by atoms with Gasteiger partial charge in [-0.25, -0.2) is 4.98 Å². The van der Waals surface area contributed by atoms with Gasteiger partial charge < -0.3 is 26.2 Å². The largest absolute Gasteiger partial charge is 0.347 e. The van der Waals surface area contributed by atoms with Crippen molar-refractivity contribution in [1.29, 1.82) is 0 Å². The van der Waals surface area contributed by atoms with Crippen LogP contribution in [0.1, 0.15) is 34.7 Å². The third kappa shape index (κ3) is 7.49. The van der Waals surface area contributed by atoms with Gasteiger partial charge in [0, 0.05) is 32.4 Å². The zero-order valence-corrected chi connectivity index (χ0v) is 20.4. The molecule has 4 amide bonds. The van der Waals surface area contributed by atoms with Crippen LogP contribution in [-0.4, -0.2) is 73.3 Å². The van der Waals surface area contributed by atoms with Crippen molar-refractivity contribution in [2.24, 2.45) is 0 Å². The minimum absolute atomic E-state index is 0.150. The van der Waals surface area contributed by atoms with E-state index in [-0.39, 0.29) is 12.4 Å². The molecule has 1 unspecified atom stereocenters. The molecule has 2 aromatic rings. The highest BCUT2D eigenvalue weighted by Gasteiger charge is 2.25. The topological polar surface area (TPSA) is 133 Å². The van der Waals surface area contributed by atoms with Crippen LogP contribution in [0.15, 0.2) is 42.6 Å². The first kappa shape index (κ1) is 26.1. The summed E-state index contributed by atoms with van der Waals surface area (Å²) in [6.45, 7) is 1.68. The van der Waals surface area contributed by atoms with Crippen LogP contribution in [0, 0.1) is 0 Å². The normalized spacial score (nSPS) is 14.5. The molecule has 1 aromatic heterocycles. The molecule has 1 fully saturated rings. The first-order chi connectivity index (χ1) is 16.7. The molecule has 1 aliphatic heterocycles. The van der Waals surface area contributed by atoms with Crippen molar-refractivity contribution in [3.8, 4) is 0 Å². The SMILES string of the molecule is CN(C)C(=O)C(CNC(=O)C(=O)Nc1ccc(Cl)cn1)NC(=O)c1ccc(C2CCNCC2)cc1. The van der Waals surface area contributed by atoms with Gasteiger partial charge in [-0.05, 0) is 61.7 Å². The number of piperidine rings is 1. The predicted octanol–water partition coefficient (Wildman–Crippen LogP) is 1.14. The maximum absolute atomic E-state index is 12.8. The van der Waals surface area contributed by atoms with Crippen LogP contribution in [0.5, 0.6) is 0 Å². The van der Waals surface area contributed by atoms with Crippen molar-refractivity contribution >= 4 is 41.0 Å². The fourth-order valence-electron chi connectivity index (χ4n) is 3.71. The molecule has 186 valence electrons. The maximum atomic E-state index is 12.8. The minimum Gasteiger partial charge on any atom is -0.347 e. The Morgan fingerprint density at radius 2 is 1.74 bits per heavy atom. The standard InChI is InChI=1S/C24H29ClN6O4/c1-31(2)24(35)19(14-28-22(33)23(34)30-20-8-7-18(25)13-27-20)29-21(32)17-5-3-15(4-6-17)16-9-11-26-12-10-16/h3-8,13,16,19,26H,9-12,14H2,1-2H3,(H,28,33)(H,29,32)(H,27,30,34). The maximum Gasteiger partial charge on any atom is 0.314 e. The Bertz CT molecular complexity index is 1050. The van der Waals surface area contributed by atoms with Crippen LogP contribution >= 0.6 is 11.6 Å². The molecular formula is C24H29ClN6O4.